The maximum atomic E-state index is 6.01. The van der Waals surface area contributed by atoms with Gasteiger partial charge in [0.2, 0.25) is 0 Å². The van der Waals surface area contributed by atoms with Crippen LogP contribution in [0, 0.1) is 0 Å². The lowest BCUT2D eigenvalue weighted by atomic mass is 9.84. The molecule has 1 atom stereocenters. The molecule has 3 nitrogen and oxygen atoms in total. The molecule has 0 radical (unpaired) electrons. The van der Waals surface area contributed by atoms with Gasteiger partial charge in [-0.05, 0) is 72.2 Å². The average Bonchev–Trinajstić information content (AvgIpc) is 2.89. The van der Waals surface area contributed by atoms with Gasteiger partial charge in [-0.3, -0.25) is 4.90 Å². The van der Waals surface area contributed by atoms with Crippen LogP contribution in [0.25, 0.3) is 0 Å². The van der Waals surface area contributed by atoms with Gasteiger partial charge in [-0.15, -0.1) is 0 Å². The lowest BCUT2D eigenvalue weighted by Crippen LogP contribution is -2.44. The normalized spacial score (nSPS) is 19.1. The average molecular weight is 442 g/mol. The van der Waals surface area contributed by atoms with Crippen molar-refractivity contribution in [2.75, 3.05) is 13.7 Å². The maximum absolute atomic E-state index is 6.01. The summed E-state index contributed by atoms with van der Waals surface area (Å²) < 4.78 is 11.5. The molecule has 5 rings (SSSR count). The number of fused-ring (bicyclic) bond motifs is 1. The van der Waals surface area contributed by atoms with Gasteiger partial charge in [0.1, 0.15) is 18.1 Å². The molecule has 0 saturated heterocycles. The van der Waals surface area contributed by atoms with Gasteiger partial charge in [0.05, 0.1) is 7.11 Å². The molecule has 1 fully saturated rings. The Bertz CT molecular complexity index is 1020. The molecule has 3 aromatic carbocycles. The van der Waals surface area contributed by atoms with Crippen LogP contribution in [-0.4, -0.2) is 24.6 Å². The molecular weight excluding hydrogens is 406 g/mol. The third-order valence-corrected chi connectivity index (χ3v) is 7.39. The molecule has 1 aliphatic carbocycles. The molecule has 0 bridgehead atoms. The molecule has 2 aliphatic rings. The number of rotatable bonds is 7. The van der Waals surface area contributed by atoms with E-state index in [0.29, 0.717) is 18.7 Å². The Morgan fingerprint density at radius 2 is 1.58 bits per heavy atom. The summed E-state index contributed by atoms with van der Waals surface area (Å²) in [4.78, 5) is 2.81. The summed E-state index contributed by atoms with van der Waals surface area (Å²) in [6, 6.07) is 26.9. The molecule has 1 heterocycles. The first-order valence-corrected chi connectivity index (χ1v) is 12.5. The molecule has 1 aliphatic heterocycles. The lowest BCUT2D eigenvalue weighted by Gasteiger charge is -2.44. The largest absolute Gasteiger partial charge is 0.497 e. The molecule has 0 spiro atoms. The van der Waals surface area contributed by atoms with Crippen molar-refractivity contribution in [2.45, 2.75) is 63.6 Å². The highest BCUT2D eigenvalue weighted by atomic mass is 16.5. The van der Waals surface area contributed by atoms with Crippen molar-refractivity contribution in [3.8, 4) is 11.5 Å². The van der Waals surface area contributed by atoms with Crippen LogP contribution in [0.2, 0.25) is 0 Å². The first kappa shape index (κ1) is 22.0. The van der Waals surface area contributed by atoms with Gasteiger partial charge in [-0.25, -0.2) is 0 Å². The second-order valence-corrected chi connectivity index (χ2v) is 9.48. The van der Waals surface area contributed by atoms with Crippen molar-refractivity contribution in [3.63, 3.8) is 0 Å². The standard InChI is InChI=1S/C30H35NO2/c1-32-28-16-17-29-25(21-28)18-19-31(26-10-6-3-7-11-26)30(29)20-23-12-14-27(15-13-23)33-22-24-8-4-2-5-9-24/h2,4-5,8-9,12-17,21,26,30H,3,6-7,10-11,18-20,22H2,1H3. The van der Waals surface area contributed by atoms with E-state index in [1.165, 1.54) is 54.4 Å². The highest BCUT2D eigenvalue weighted by Gasteiger charge is 2.33. The van der Waals surface area contributed by atoms with E-state index in [2.05, 4.69) is 71.6 Å². The summed E-state index contributed by atoms with van der Waals surface area (Å²) in [5.41, 5.74) is 5.50. The zero-order valence-corrected chi connectivity index (χ0v) is 19.7. The minimum atomic E-state index is 0.429. The summed E-state index contributed by atoms with van der Waals surface area (Å²) in [5, 5.41) is 0. The highest BCUT2D eigenvalue weighted by Crippen LogP contribution is 2.38. The van der Waals surface area contributed by atoms with Crippen LogP contribution in [0.15, 0.2) is 72.8 Å². The Morgan fingerprint density at radius 3 is 2.33 bits per heavy atom. The van der Waals surface area contributed by atoms with Crippen LogP contribution in [0.3, 0.4) is 0 Å². The Kier molecular flexibility index (Phi) is 6.97. The van der Waals surface area contributed by atoms with Gasteiger partial charge < -0.3 is 9.47 Å². The van der Waals surface area contributed by atoms with E-state index in [0.717, 1.165) is 30.9 Å². The van der Waals surface area contributed by atoms with Crippen molar-refractivity contribution >= 4 is 0 Å². The Balaban J connectivity index is 1.33. The number of benzene rings is 3. The molecular formula is C30H35NO2. The predicted molar refractivity (Wildman–Crippen MR) is 134 cm³/mol. The van der Waals surface area contributed by atoms with Gasteiger partial charge in [-0.2, -0.15) is 0 Å². The van der Waals surface area contributed by atoms with Crippen molar-refractivity contribution in [1.82, 2.24) is 4.90 Å². The van der Waals surface area contributed by atoms with Crippen LogP contribution < -0.4 is 9.47 Å². The van der Waals surface area contributed by atoms with Crippen LogP contribution in [0.4, 0.5) is 0 Å². The Labute approximate surface area is 198 Å². The molecule has 0 aromatic heterocycles. The van der Waals surface area contributed by atoms with Gasteiger partial charge in [0.25, 0.3) is 0 Å². The third-order valence-electron chi connectivity index (χ3n) is 7.39. The van der Waals surface area contributed by atoms with E-state index in [-0.39, 0.29) is 0 Å². The zero-order valence-electron chi connectivity index (χ0n) is 19.7. The van der Waals surface area contributed by atoms with Crippen LogP contribution in [-0.2, 0) is 19.4 Å². The summed E-state index contributed by atoms with van der Waals surface area (Å²) in [5.74, 6) is 1.90. The fourth-order valence-corrected chi connectivity index (χ4v) is 5.60. The Morgan fingerprint density at radius 1 is 0.818 bits per heavy atom. The van der Waals surface area contributed by atoms with E-state index in [1.54, 1.807) is 7.11 Å². The van der Waals surface area contributed by atoms with Crippen LogP contribution >= 0.6 is 0 Å². The first-order valence-electron chi connectivity index (χ1n) is 12.5. The molecule has 3 heteroatoms. The minimum absolute atomic E-state index is 0.429. The van der Waals surface area contributed by atoms with Gasteiger partial charge >= 0.3 is 0 Å². The third kappa shape index (κ3) is 5.25. The van der Waals surface area contributed by atoms with Gasteiger partial charge in [0, 0.05) is 18.6 Å². The van der Waals surface area contributed by atoms with E-state index in [1.807, 2.05) is 6.07 Å². The summed E-state index contributed by atoms with van der Waals surface area (Å²) in [6.07, 6.45) is 8.98. The van der Waals surface area contributed by atoms with Crippen molar-refractivity contribution < 1.29 is 9.47 Å². The zero-order chi connectivity index (χ0) is 22.5. The molecule has 0 N–H and O–H groups in total. The van der Waals surface area contributed by atoms with E-state index >= 15 is 0 Å². The minimum Gasteiger partial charge on any atom is -0.497 e. The maximum Gasteiger partial charge on any atom is 0.119 e. The van der Waals surface area contributed by atoms with Crippen molar-refractivity contribution in [1.29, 1.82) is 0 Å². The molecule has 1 unspecified atom stereocenters. The topological polar surface area (TPSA) is 21.7 Å². The molecule has 0 amide bonds. The fraction of sp³-hybridized carbons (Fsp3) is 0.400. The first-order chi connectivity index (χ1) is 16.3. The van der Waals surface area contributed by atoms with E-state index in [9.17, 15) is 0 Å². The van der Waals surface area contributed by atoms with Crippen LogP contribution in [0.1, 0.15) is 60.4 Å². The molecule has 1 saturated carbocycles. The van der Waals surface area contributed by atoms with Gasteiger partial charge in [0.15, 0.2) is 0 Å². The Hall–Kier alpha value is -2.78. The number of nitrogens with zero attached hydrogens (tertiary/aromatic N) is 1. The molecule has 33 heavy (non-hydrogen) atoms. The molecule has 172 valence electrons. The fourth-order valence-electron chi connectivity index (χ4n) is 5.60. The number of ether oxygens (including phenoxy) is 2. The smallest absolute Gasteiger partial charge is 0.119 e. The number of hydrogen-bond donors (Lipinski definition) is 0. The van der Waals surface area contributed by atoms with E-state index < -0.39 is 0 Å². The van der Waals surface area contributed by atoms with E-state index in [4.69, 9.17) is 9.47 Å². The quantitative estimate of drug-likeness (QED) is 0.405. The molecule has 3 aromatic rings. The second-order valence-electron chi connectivity index (χ2n) is 9.48. The predicted octanol–water partition coefficient (Wildman–Crippen LogP) is 6.75. The summed E-state index contributed by atoms with van der Waals surface area (Å²) >= 11 is 0. The lowest BCUT2D eigenvalue weighted by molar-refractivity contribution is 0.0945. The SMILES string of the molecule is COc1ccc2c(c1)CCN(C1CCCCC1)C2Cc1ccc(OCc2ccccc2)cc1. The summed E-state index contributed by atoms with van der Waals surface area (Å²) in [6.45, 7) is 1.75. The number of methoxy groups -OCH3 is 1. The van der Waals surface area contributed by atoms with Gasteiger partial charge in [-0.1, -0.05) is 67.8 Å². The monoisotopic (exact) mass is 441 g/mol. The van der Waals surface area contributed by atoms with Crippen molar-refractivity contribution in [3.05, 3.63) is 95.1 Å². The second kappa shape index (κ2) is 10.4. The van der Waals surface area contributed by atoms with Crippen LogP contribution in [0.5, 0.6) is 11.5 Å². The van der Waals surface area contributed by atoms with Crippen molar-refractivity contribution in [2.24, 2.45) is 0 Å². The highest BCUT2D eigenvalue weighted by molar-refractivity contribution is 5.40. The number of hydrogen-bond acceptors (Lipinski definition) is 3. The summed E-state index contributed by atoms with van der Waals surface area (Å²) in [7, 11) is 1.76.